The lowest BCUT2D eigenvalue weighted by Crippen LogP contribution is -2.44. The monoisotopic (exact) mass is 481 g/mol. The Hall–Kier alpha value is -2.59. The Morgan fingerprint density at radius 1 is 0.939 bits per heavy atom. The van der Waals surface area contributed by atoms with Crippen LogP contribution in [-0.2, 0) is 21.0 Å². The van der Waals surface area contributed by atoms with Crippen LogP contribution in [0, 0.1) is 5.92 Å². The van der Waals surface area contributed by atoms with Crippen molar-refractivity contribution in [3.05, 3.63) is 60.2 Å². The molecule has 0 aliphatic carbocycles. The van der Waals surface area contributed by atoms with Crippen LogP contribution in [0.25, 0.3) is 0 Å². The minimum Gasteiger partial charge on any atom is -0.380 e. The quantitative estimate of drug-likeness (QED) is 0.705. The first kappa shape index (κ1) is 23.6. The van der Waals surface area contributed by atoms with Crippen molar-refractivity contribution in [2.45, 2.75) is 36.4 Å². The van der Waals surface area contributed by atoms with Crippen molar-refractivity contribution >= 4 is 21.6 Å². The van der Waals surface area contributed by atoms with Crippen LogP contribution in [0.15, 0.2) is 59.5 Å². The third kappa shape index (κ3) is 5.33. The molecule has 1 amide bonds. The van der Waals surface area contributed by atoms with E-state index in [-0.39, 0.29) is 35.9 Å². The number of anilines is 1. The fourth-order valence-electron chi connectivity index (χ4n) is 4.43. The summed E-state index contributed by atoms with van der Waals surface area (Å²) in [5, 5.41) is 3.43. The molecule has 0 bridgehead atoms. The van der Waals surface area contributed by atoms with Crippen LogP contribution in [0.2, 0.25) is 0 Å². The summed E-state index contributed by atoms with van der Waals surface area (Å²) in [6, 6.07) is 13.7. The number of rotatable bonds is 5. The van der Waals surface area contributed by atoms with Crippen LogP contribution in [0.4, 0.5) is 18.9 Å². The van der Waals surface area contributed by atoms with E-state index in [0.717, 1.165) is 24.2 Å². The zero-order valence-corrected chi connectivity index (χ0v) is 18.8. The number of alkyl halides is 3. The molecule has 33 heavy (non-hydrogen) atoms. The first-order chi connectivity index (χ1) is 15.6. The number of halogens is 3. The van der Waals surface area contributed by atoms with Gasteiger partial charge in [0.05, 0.1) is 10.5 Å². The second kappa shape index (κ2) is 9.34. The smallest absolute Gasteiger partial charge is 0.380 e. The summed E-state index contributed by atoms with van der Waals surface area (Å²) < 4.78 is 65.9. The molecule has 2 aromatic carbocycles. The lowest BCUT2D eigenvalue weighted by atomic mass is 9.96. The zero-order chi connectivity index (χ0) is 23.6. The molecule has 4 rings (SSSR count). The van der Waals surface area contributed by atoms with Gasteiger partial charge in [-0.1, -0.05) is 24.3 Å². The van der Waals surface area contributed by atoms with Gasteiger partial charge in [-0.2, -0.15) is 17.5 Å². The molecule has 10 heteroatoms. The molecular weight excluding hydrogens is 455 g/mol. The molecular formula is C23H26F3N3O3S. The van der Waals surface area contributed by atoms with Gasteiger partial charge in [-0.15, -0.1) is 0 Å². The molecule has 0 aromatic heterocycles. The third-order valence-electron chi connectivity index (χ3n) is 6.25. The van der Waals surface area contributed by atoms with E-state index in [1.807, 2.05) is 35.2 Å². The fraction of sp³-hybridized carbons (Fsp3) is 0.435. The number of nitrogens with one attached hydrogen (secondary N) is 1. The molecule has 2 aromatic rings. The molecule has 1 unspecified atom stereocenters. The lowest BCUT2D eigenvalue weighted by Gasteiger charge is -2.32. The Labute approximate surface area is 191 Å². The van der Waals surface area contributed by atoms with Crippen molar-refractivity contribution in [2.24, 2.45) is 5.92 Å². The Morgan fingerprint density at radius 3 is 2.30 bits per heavy atom. The maximum atomic E-state index is 13.0. The van der Waals surface area contributed by atoms with Gasteiger partial charge in [0.25, 0.3) is 0 Å². The van der Waals surface area contributed by atoms with Crippen molar-refractivity contribution < 1.29 is 26.4 Å². The van der Waals surface area contributed by atoms with E-state index in [4.69, 9.17) is 0 Å². The van der Waals surface area contributed by atoms with Gasteiger partial charge in [-0.05, 0) is 49.6 Å². The summed E-state index contributed by atoms with van der Waals surface area (Å²) in [7, 11) is -4.06. The number of carbonyl (C=O) groups is 1. The largest absolute Gasteiger partial charge is 0.416 e. The van der Waals surface area contributed by atoms with Gasteiger partial charge in [0, 0.05) is 43.8 Å². The van der Waals surface area contributed by atoms with Crippen molar-refractivity contribution in [2.75, 3.05) is 31.5 Å². The van der Waals surface area contributed by atoms with E-state index in [9.17, 15) is 26.4 Å². The molecule has 2 saturated heterocycles. The lowest BCUT2D eigenvalue weighted by molar-refractivity contribution is -0.138. The maximum absolute atomic E-state index is 13.0. The Bertz CT molecular complexity index is 1080. The summed E-state index contributed by atoms with van der Waals surface area (Å²) >= 11 is 0. The highest BCUT2D eigenvalue weighted by Gasteiger charge is 2.37. The van der Waals surface area contributed by atoms with Crippen LogP contribution in [0.1, 0.15) is 24.8 Å². The minimum absolute atomic E-state index is 0.0171. The van der Waals surface area contributed by atoms with Crippen LogP contribution in [0.5, 0.6) is 0 Å². The highest BCUT2D eigenvalue weighted by atomic mass is 32.2. The van der Waals surface area contributed by atoms with E-state index in [2.05, 4.69) is 5.32 Å². The van der Waals surface area contributed by atoms with Gasteiger partial charge in [0.2, 0.25) is 15.9 Å². The van der Waals surface area contributed by atoms with Crippen LogP contribution >= 0.6 is 0 Å². The van der Waals surface area contributed by atoms with Crippen molar-refractivity contribution in [1.29, 1.82) is 0 Å². The van der Waals surface area contributed by atoms with Crippen molar-refractivity contribution in [3.8, 4) is 0 Å². The van der Waals surface area contributed by atoms with Crippen molar-refractivity contribution in [3.63, 3.8) is 0 Å². The molecule has 6 nitrogen and oxygen atoms in total. The van der Waals surface area contributed by atoms with Gasteiger partial charge >= 0.3 is 6.18 Å². The Kier molecular flexibility index (Phi) is 6.67. The molecule has 0 radical (unpaired) electrons. The molecule has 0 spiro atoms. The van der Waals surface area contributed by atoms with E-state index >= 15 is 0 Å². The maximum Gasteiger partial charge on any atom is 0.416 e. The van der Waals surface area contributed by atoms with Crippen molar-refractivity contribution in [1.82, 2.24) is 9.21 Å². The topological polar surface area (TPSA) is 69.7 Å². The van der Waals surface area contributed by atoms with Gasteiger partial charge in [-0.25, -0.2) is 8.42 Å². The number of carbonyl (C=O) groups excluding carboxylic acids is 1. The Morgan fingerprint density at radius 2 is 1.64 bits per heavy atom. The molecule has 178 valence electrons. The Balaban J connectivity index is 1.33. The molecule has 2 heterocycles. The average molecular weight is 482 g/mol. The summed E-state index contributed by atoms with van der Waals surface area (Å²) in [6.07, 6.45) is -3.08. The average Bonchev–Trinajstić information content (AvgIpc) is 3.27. The van der Waals surface area contributed by atoms with Gasteiger partial charge in [0.1, 0.15) is 0 Å². The number of para-hydroxylation sites is 1. The number of piperidine rings is 1. The minimum atomic E-state index is -4.62. The van der Waals surface area contributed by atoms with Crippen LogP contribution in [-0.4, -0.2) is 55.8 Å². The van der Waals surface area contributed by atoms with Gasteiger partial charge < -0.3 is 10.2 Å². The number of hydrogen-bond acceptors (Lipinski definition) is 4. The van der Waals surface area contributed by atoms with Gasteiger partial charge in [-0.3, -0.25) is 4.79 Å². The standard InChI is InChI=1S/C23H26F3N3O3S/c24-23(25,26)18-5-4-8-21(15-18)33(31,32)29-13-9-17(10-14-29)22(30)28-12-11-20(16-28)27-19-6-2-1-3-7-19/h1-8,15,17,20,27H,9-14,16H2. The van der Waals surface area contributed by atoms with E-state index in [1.54, 1.807) is 0 Å². The third-order valence-corrected chi connectivity index (χ3v) is 8.14. The highest BCUT2D eigenvalue weighted by Crippen LogP contribution is 2.32. The summed E-state index contributed by atoms with van der Waals surface area (Å²) in [5.74, 6) is -0.267. The fourth-order valence-corrected chi connectivity index (χ4v) is 5.95. The van der Waals surface area contributed by atoms with Gasteiger partial charge in [0.15, 0.2) is 0 Å². The first-order valence-electron chi connectivity index (χ1n) is 10.9. The molecule has 1 atom stereocenters. The second-order valence-corrected chi connectivity index (χ2v) is 10.4. The predicted molar refractivity (Wildman–Crippen MR) is 118 cm³/mol. The van der Waals surface area contributed by atoms with Crippen LogP contribution in [0.3, 0.4) is 0 Å². The highest BCUT2D eigenvalue weighted by molar-refractivity contribution is 7.89. The number of likely N-dealkylation sites (tertiary alicyclic amines) is 1. The summed E-state index contributed by atoms with van der Waals surface area (Å²) in [5.41, 5.74) is 0.00578. The molecule has 2 fully saturated rings. The summed E-state index contributed by atoms with van der Waals surface area (Å²) in [4.78, 5) is 14.4. The molecule has 2 aliphatic rings. The summed E-state index contributed by atoms with van der Waals surface area (Å²) in [6.45, 7) is 1.45. The number of nitrogens with zero attached hydrogens (tertiary/aromatic N) is 2. The van der Waals surface area contributed by atoms with Crippen LogP contribution < -0.4 is 5.32 Å². The predicted octanol–water partition coefficient (Wildman–Crippen LogP) is 3.82. The van der Waals surface area contributed by atoms with E-state index < -0.39 is 21.8 Å². The number of amides is 1. The molecule has 0 saturated carbocycles. The van der Waals surface area contributed by atoms with E-state index in [1.165, 1.54) is 10.4 Å². The number of benzene rings is 2. The number of hydrogen-bond donors (Lipinski definition) is 1. The zero-order valence-electron chi connectivity index (χ0n) is 18.0. The van der Waals surface area contributed by atoms with E-state index in [0.29, 0.717) is 32.0 Å². The normalized spacial score (nSPS) is 20.7. The number of sulfonamides is 1. The second-order valence-electron chi connectivity index (χ2n) is 8.48. The molecule has 2 aliphatic heterocycles. The first-order valence-corrected chi connectivity index (χ1v) is 12.4. The molecule has 1 N–H and O–H groups in total. The SMILES string of the molecule is O=C(C1CCN(S(=O)(=O)c2cccc(C(F)(F)F)c2)CC1)N1CCC(Nc2ccccc2)C1.